The number of ether oxygens (including phenoxy) is 1. The normalized spacial score (nSPS) is 11.6. The van der Waals surface area contributed by atoms with Crippen molar-refractivity contribution in [1.29, 1.82) is 0 Å². The smallest absolute Gasteiger partial charge is 0.123 e. The van der Waals surface area contributed by atoms with Crippen LogP contribution in [-0.2, 0) is 6.16 Å². The van der Waals surface area contributed by atoms with E-state index in [2.05, 4.69) is 132 Å². The first-order chi connectivity index (χ1) is 15.9. The fraction of sp³-hybridized carbons (Fsp3) is 0.226. The lowest BCUT2D eigenvalue weighted by Crippen LogP contribution is -2.32. The molecule has 0 unspecified atom stereocenters. The summed E-state index contributed by atoms with van der Waals surface area (Å²) in [4.78, 5) is 0. The molecule has 0 N–H and O–H groups in total. The fourth-order valence-electron chi connectivity index (χ4n) is 4.72. The molecule has 0 aromatic heterocycles. The Hall–Kier alpha value is -2.89. The Bertz CT molecular complexity index is 1100. The second-order valence-corrected chi connectivity index (χ2v) is 12.5. The zero-order chi connectivity index (χ0) is 23.4. The van der Waals surface area contributed by atoms with Crippen LogP contribution in [0, 0.1) is 20.8 Å². The molecule has 0 aliphatic rings. The van der Waals surface area contributed by atoms with Gasteiger partial charge in [-0.25, -0.2) is 0 Å². The van der Waals surface area contributed by atoms with Crippen LogP contribution >= 0.6 is 7.26 Å². The maximum absolute atomic E-state index is 6.15. The van der Waals surface area contributed by atoms with E-state index in [0.29, 0.717) is 0 Å². The van der Waals surface area contributed by atoms with Crippen molar-refractivity contribution in [2.24, 2.45) is 0 Å². The van der Waals surface area contributed by atoms with Crippen molar-refractivity contribution in [3.63, 3.8) is 0 Å². The van der Waals surface area contributed by atoms with Crippen LogP contribution in [0.4, 0.5) is 0 Å². The molecule has 0 aliphatic carbocycles. The number of rotatable bonds is 7. The van der Waals surface area contributed by atoms with E-state index in [4.69, 9.17) is 4.74 Å². The SMILES string of the molecule is Cc1cc(OC(C)C)c(C)c(C)c1C[P+](c1ccccc1)(c1ccccc1)c1ccccc1. The minimum atomic E-state index is -1.93. The summed E-state index contributed by atoms with van der Waals surface area (Å²) in [5, 5.41) is 4.25. The second-order valence-electron chi connectivity index (χ2n) is 9.06. The summed E-state index contributed by atoms with van der Waals surface area (Å²) in [5.74, 6) is 1.01. The maximum atomic E-state index is 6.15. The van der Waals surface area contributed by atoms with Crippen LogP contribution < -0.4 is 20.7 Å². The average Bonchev–Trinajstić information content (AvgIpc) is 2.84. The summed E-state index contributed by atoms with van der Waals surface area (Å²) in [7, 11) is -1.93. The first-order valence-electron chi connectivity index (χ1n) is 11.7. The van der Waals surface area contributed by atoms with Crippen LogP contribution in [0.1, 0.15) is 36.1 Å². The summed E-state index contributed by atoms with van der Waals surface area (Å²) < 4.78 is 6.15. The van der Waals surface area contributed by atoms with Gasteiger partial charge in [0, 0.05) is 0 Å². The molecule has 0 atom stereocenters. The van der Waals surface area contributed by atoms with Crippen molar-refractivity contribution < 1.29 is 4.74 Å². The van der Waals surface area contributed by atoms with Crippen molar-refractivity contribution in [1.82, 2.24) is 0 Å². The summed E-state index contributed by atoms with van der Waals surface area (Å²) >= 11 is 0. The van der Waals surface area contributed by atoms with Gasteiger partial charge in [-0.2, -0.15) is 0 Å². The molecule has 0 saturated carbocycles. The van der Waals surface area contributed by atoms with Gasteiger partial charge in [0.05, 0.1) is 12.3 Å². The Morgan fingerprint density at radius 1 is 0.636 bits per heavy atom. The standard InChI is InChI=1S/C31H34OP/c1-23(2)32-31-21-24(3)30(25(4)26(31)5)22-33(27-15-9-6-10-16-27,28-17-11-7-12-18-28)29-19-13-8-14-20-29/h6-21,23H,22H2,1-5H3/q+1. The van der Waals surface area contributed by atoms with Crippen molar-refractivity contribution >= 4 is 23.2 Å². The third-order valence-corrected chi connectivity index (χ3v) is 10.9. The van der Waals surface area contributed by atoms with E-state index in [9.17, 15) is 0 Å². The Kier molecular flexibility index (Phi) is 7.01. The third-order valence-electron chi connectivity index (χ3n) is 6.56. The first-order valence-corrected chi connectivity index (χ1v) is 13.7. The lowest BCUT2D eigenvalue weighted by Gasteiger charge is -2.29. The fourth-order valence-corrected chi connectivity index (χ4v) is 9.17. The predicted octanol–water partition coefficient (Wildman–Crippen LogP) is 6.89. The van der Waals surface area contributed by atoms with Gasteiger partial charge in [-0.05, 0) is 99.3 Å². The summed E-state index contributed by atoms with van der Waals surface area (Å²) in [6, 6.07) is 35.6. The highest BCUT2D eigenvalue weighted by Crippen LogP contribution is 2.59. The molecule has 0 amide bonds. The van der Waals surface area contributed by atoms with Gasteiger partial charge in [0.15, 0.2) is 0 Å². The van der Waals surface area contributed by atoms with Crippen LogP contribution in [0.2, 0.25) is 0 Å². The second kappa shape index (κ2) is 9.94. The van der Waals surface area contributed by atoms with Crippen molar-refractivity contribution in [3.05, 3.63) is 119 Å². The molecule has 0 radical (unpaired) electrons. The Morgan fingerprint density at radius 3 is 1.45 bits per heavy atom. The molecular weight excluding hydrogens is 419 g/mol. The molecular formula is C31H34OP+. The van der Waals surface area contributed by atoms with Gasteiger partial charge in [-0.1, -0.05) is 54.6 Å². The lowest BCUT2D eigenvalue weighted by atomic mass is 9.98. The number of hydrogen-bond acceptors (Lipinski definition) is 1. The summed E-state index contributed by atoms with van der Waals surface area (Å²) in [6.45, 7) is 10.9. The molecule has 4 aromatic carbocycles. The lowest BCUT2D eigenvalue weighted by molar-refractivity contribution is 0.240. The molecule has 2 heteroatoms. The van der Waals surface area contributed by atoms with Crippen LogP contribution in [0.25, 0.3) is 0 Å². The largest absolute Gasteiger partial charge is 0.491 e. The Balaban J connectivity index is 1.99. The molecule has 4 aromatic rings. The summed E-state index contributed by atoms with van der Waals surface area (Å²) in [6.07, 6.45) is 1.16. The topological polar surface area (TPSA) is 9.23 Å². The highest BCUT2D eigenvalue weighted by atomic mass is 31.2. The van der Waals surface area contributed by atoms with E-state index in [1.54, 1.807) is 0 Å². The molecule has 0 saturated heterocycles. The average molecular weight is 454 g/mol. The number of hydrogen-bond donors (Lipinski definition) is 0. The summed E-state index contributed by atoms with van der Waals surface area (Å²) in [5.41, 5.74) is 5.34. The molecule has 0 heterocycles. The number of aryl methyl sites for hydroxylation is 1. The van der Waals surface area contributed by atoms with Crippen molar-refractivity contribution in [3.8, 4) is 5.75 Å². The molecule has 0 fully saturated rings. The Morgan fingerprint density at radius 2 is 1.06 bits per heavy atom. The molecule has 0 aliphatic heterocycles. The molecule has 0 bridgehead atoms. The van der Waals surface area contributed by atoms with E-state index >= 15 is 0 Å². The van der Waals surface area contributed by atoms with E-state index in [1.165, 1.54) is 38.2 Å². The third kappa shape index (κ3) is 4.61. The maximum Gasteiger partial charge on any atom is 0.123 e. The van der Waals surface area contributed by atoms with E-state index in [0.717, 1.165) is 11.9 Å². The van der Waals surface area contributed by atoms with Gasteiger partial charge in [-0.15, -0.1) is 0 Å². The van der Waals surface area contributed by atoms with E-state index < -0.39 is 7.26 Å². The predicted molar refractivity (Wildman–Crippen MR) is 145 cm³/mol. The quantitative estimate of drug-likeness (QED) is 0.277. The van der Waals surface area contributed by atoms with Gasteiger partial charge >= 0.3 is 0 Å². The van der Waals surface area contributed by atoms with Crippen LogP contribution in [0.3, 0.4) is 0 Å². The van der Waals surface area contributed by atoms with Crippen LogP contribution in [0.15, 0.2) is 97.1 Å². The molecule has 0 spiro atoms. The minimum absolute atomic E-state index is 0.165. The van der Waals surface area contributed by atoms with Crippen LogP contribution in [0.5, 0.6) is 5.75 Å². The van der Waals surface area contributed by atoms with E-state index in [-0.39, 0.29) is 6.10 Å². The van der Waals surface area contributed by atoms with Crippen molar-refractivity contribution in [2.75, 3.05) is 0 Å². The molecule has 4 rings (SSSR count). The highest BCUT2D eigenvalue weighted by molar-refractivity contribution is 7.95. The van der Waals surface area contributed by atoms with Gasteiger partial charge in [0.1, 0.15) is 28.9 Å². The molecule has 168 valence electrons. The molecule has 33 heavy (non-hydrogen) atoms. The Labute approximate surface area is 199 Å². The monoisotopic (exact) mass is 453 g/mol. The van der Waals surface area contributed by atoms with E-state index in [1.807, 2.05) is 0 Å². The number of benzene rings is 4. The van der Waals surface area contributed by atoms with Gasteiger partial charge in [-0.3, -0.25) is 0 Å². The zero-order valence-corrected chi connectivity index (χ0v) is 21.3. The minimum Gasteiger partial charge on any atom is -0.491 e. The first kappa shape index (κ1) is 23.3. The van der Waals surface area contributed by atoms with Gasteiger partial charge in [0.2, 0.25) is 0 Å². The van der Waals surface area contributed by atoms with Crippen molar-refractivity contribution in [2.45, 2.75) is 46.9 Å². The highest BCUT2D eigenvalue weighted by Gasteiger charge is 2.46. The van der Waals surface area contributed by atoms with Crippen LogP contribution in [-0.4, -0.2) is 6.10 Å². The zero-order valence-electron chi connectivity index (χ0n) is 20.4. The molecule has 1 nitrogen and oxygen atoms in total. The van der Waals surface area contributed by atoms with Gasteiger partial charge < -0.3 is 4.74 Å². The van der Waals surface area contributed by atoms with Gasteiger partial charge in [0.25, 0.3) is 0 Å².